The molecule has 0 radical (unpaired) electrons. The van der Waals surface area contributed by atoms with E-state index in [4.69, 9.17) is 9.47 Å². The summed E-state index contributed by atoms with van der Waals surface area (Å²) in [6.45, 7) is 4.77. The Morgan fingerprint density at radius 1 is 1.28 bits per heavy atom. The Bertz CT molecular complexity index is 385. The van der Waals surface area contributed by atoms with E-state index in [0.717, 1.165) is 48.3 Å². The van der Waals surface area contributed by atoms with Crippen molar-refractivity contribution in [3.63, 3.8) is 0 Å². The average Bonchev–Trinajstić information content (AvgIpc) is 2.38. The number of methoxy groups -OCH3 is 1. The minimum absolute atomic E-state index is 0.0639. The van der Waals surface area contributed by atoms with Crippen LogP contribution < -0.4 is 4.74 Å². The first-order chi connectivity index (χ1) is 8.63. The molecule has 18 heavy (non-hydrogen) atoms. The van der Waals surface area contributed by atoms with Gasteiger partial charge in [0.15, 0.2) is 0 Å². The van der Waals surface area contributed by atoms with E-state index in [1.807, 2.05) is 26.0 Å². The highest BCUT2D eigenvalue weighted by Gasteiger charge is 2.24. The number of hydrogen-bond donors (Lipinski definition) is 1. The van der Waals surface area contributed by atoms with E-state index in [2.05, 4.69) is 0 Å². The summed E-state index contributed by atoms with van der Waals surface area (Å²) in [5.41, 5.74) is 3.04. The summed E-state index contributed by atoms with van der Waals surface area (Å²) in [5, 5.41) is 10.4. The van der Waals surface area contributed by atoms with E-state index >= 15 is 0 Å². The normalized spacial score (nSPS) is 21.7. The molecule has 2 rings (SSSR count). The predicted molar refractivity (Wildman–Crippen MR) is 71.0 cm³/mol. The highest BCUT2D eigenvalue weighted by atomic mass is 16.5. The van der Waals surface area contributed by atoms with Gasteiger partial charge in [-0.3, -0.25) is 0 Å². The monoisotopic (exact) mass is 250 g/mol. The van der Waals surface area contributed by atoms with Gasteiger partial charge in [-0.05, 0) is 61.9 Å². The van der Waals surface area contributed by atoms with Gasteiger partial charge in [-0.25, -0.2) is 0 Å². The topological polar surface area (TPSA) is 38.7 Å². The molecule has 0 saturated carbocycles. The first-order valence-corrected chi connectivity index (χ1v) is 6.58. The van der Waals surface area contributed by atoms with E-state index in [1.54, 1.807) is 7.11 Å². The molecular weight excluding hydrogens is 228 g/mol. The molecule has 2 atom stereocenters. The third kappa shape index (κ3) is 2.68. The summed E-state index contributed by atoms with van der Waals surface area (Å²) in [6.07, 6.45) is 2.57. The van der Waals surface area contributed by atoms with Crippen molar-refractivity contribution in [2.75, 3.05) is 13.7 Å². The Morgan fingerprint density at radius 2 is 1.94 bits per heavy atom. The Labute approximate surface area is 109 Å². The lowest BCUT2D eigenvalue weighted by Crippen LogP contribution is -2.26. The van der Waals surface area contributed by atoms with E-state index in [0.29, 0.717) is 0 Å². The lowest BCUT2D eigenvalue weighted by molar-refractivity contribution is -0.0633. The number of hydrogen-bond acceptors (Lipinski definition) is 3. The first kappa shape index (κ1) is 13.4. The summed E-state index contributed by atoms with van der Waals surface area (Å²) in [5.74, 6) is 0.899. The third-order valence-corrected chi connectivity index (χ3v) is 3.60. The zero-order valence-corrected chi connectivity index (χ0v) is 11.4. The minimum atomic E-state index is -0.534. The first-order valence-electron chi connectivity index (χ1n) is 6.58. The van der Waals surface area contributed by atoms with Gasteiger partial charge in [0.05, 0.1) is 13.2 Å². The maximum atomic E-state index is 10.4. The molecule has 3 nitrogen and oxygen atoms in total. The van der Waals surface area contributed by atoms with Gasteiger partial charge < -0.3 is 14.6 Å². The van der Waals surface area contributed by atoms with Crippen LogP contribution in [0.15, 0.2) is 12.1 Å². The van der Waals surface area contributed by atoms with Crippen LogP contribution in [0.2, 0.25) is 0 Å². The molecule has 1 N–H and O–H groups in total. The molecule has 3 heteroatoms. The fourth-order valence-electron chi connectivity index (χ4n) is 2.71. The molecule has 1 heterocycles. The largest absolute Gasteiger partial charge is 0.496 e. The minimum Gasteiger partial charge on any atom is -0.496 e. The Kier molecular flexibility index (Phi) is 4.25. The van der Waals surface area contributed by atoms with Crippen LogP contribution in [0.25, 0.3) is 0 Å². The van der Waals surface area contributed by atoms with Crippen molar-refractivity contribution >= 4 is 0 Å². The fraction of sp³-hybridized carbons (Fsp3) is 0.600. The van der Waals surface area contributed by atoms with E-state index in [-0.39, 0.29) is 6.10 Å². The third-order valence-electron chi connectivity index (χ3n) is 3.60. The molecule has 1 aromatic rings. The summed E-state index contributed by atoms with van der Waals surface area (Å²) in [4.78, 5) is 0. The quantitative estimate of drug-likeness (QED) is 0.896. The number of aryl methyl sites for hydroxylation is 2. The molecule has 1 aliphatic rings. The zero-order valence-electron chi connectivity index (χ0n) is 11.4. The van der Waals surface area contributed by atoms with Gasteiger partial charge in [0.25, 0.3) is 0 Å². The van der Waals surface area contributed by atoms with Crippen LogP contribution in [0.3, 0.4) is 0 Å². The molecule has 1 aromatic carbocycles. The highest BCUT2D eigenvalue weighted by molar-refractivity contribution is 5.44. The van der Waals surface area contributed by atoms with Crippen LogP contribution in [-0.2, 0) is 4.74 Å². The van der Waals surface area contributed by atoms with Gasteiger partial charge in [0.1, 0.15) is 11.9 Å². The van der Waals surface area contributed by atoms with Crippen molar-refractivity contribution in [1.82, 2.24) is 0 Å². The summed E-state index contributed by atoms with van der Waals surface area (Å²) in [6, 6.07) is 3.99. The molecule has 1 fully saturated rings. The molecule has 0 bridgehead atoms. The van der Waals surface area contributed by atoms with Crippen LogP contribution in [0.1, 0.15) is 42.1 Å². The number of benzene rings is 1. The second kappa shape index (κ2) is 5.72. The Balaban J connectivity index is 2.22. The van der Waals surface area contributed by atoms with Gasteiger partial charge in [0, 0.05) is 6.61 Å². The Morgan fingerprint density at radius 3 is 2.44 bits per heavy atom. The summed E-state index contributed by atoms with van der Waals surface area (Å²) in [7, 11) is 1.68. The molecule has 0 spiro atoms. The molecule has 2 unspecified atom stereocenters. The molecular formula is C15H22O3. The highest BCUT2D eigenvalue weighted by Crippen LogP contribution is 2.31. The van der Waals surface area contributed by atoms with Crippen molar-refractivity contribution in [1.29, 1.82) is 0 Å². The molecule has 1 saturated heterocycles. The molecule has 100 valence electrons. The fourth-order valence-corrected chi connectivity index (χ4v) is 2.71. The maximum absolute atomic E-state index is 10.4. The van der Waals surface area contributed by atoms with Crippen LogP contribution in [-0.4, -0.2) is 24.9 Å². The van der Waals surface area contributed by atoms with Crippen molar-refractivity contribution in [2.24, 2.45) is 0 Å². The summed E-state index contributed by atoms with van der Waals surface area (Å²) >= 11 is 0. The van der Waals surface area contributed by atoms with Gasteiger partial charge in [0.2, 0.25) is 0 Å². The van der Waals surface area contributed by atoms with Crippen molar-refractivity contribution in [3.05, 3.63) is 28.8 Å². The van der Waals surface area contributed by atoms with E-state index < -0.39 is 6.10 Å². The number of aliphatic hydroxyl groups excluding tert-OH is 1. The van der Waals surface area contributed by atoms with Gasteiger partial charge in [-0.15, -0.1) is 0 Å². The lowest BCUT2D eigenvalue weighted by Gasteiger charge is -2.28. The standard InChI is InChI=1S/C15H22O3/c1-10-8-12(9-11(2)15(10)17-3)14(16)13-6-4-5-7-18-13/h8-9,13-14,16H,4-7H2,1-3H3. The van der Waals surface area contributed by atoms with Crippen molar-refractivity contribution in [2.45, 2.75) is 45.3 Å². The summed E-state index contributed by atoms with van der Waals surface area (Å²) < 4.78 is 11.0. The number of rotatable bonds is 3. The predicted octanol–water partition coefficient (Wildman–Crippen LogP) is 2.91. The second-order valence-corrected chi connectivity index (χ2v) is 5.04. The van der Waals surface area contributed by atoms with Crippen LogP contribution >= 0.6 is 0 Å². The molecule has 0 aliphatic carbocycles. The number of aliphatic hydroxyl groups is 1. The van der Waals surface area contributed by atoms with Crippen LogP contribution in [0.4, 0.5) is 0 Å². The lowest BCUT2D eigenvalue weighted by atomic mass is 9.95. The smallest absolute Gasteiger partial charge is 0.124 e. The molecule has 0 amide bonds. The SMILES string of the molecule is COc1c(C)cc(C(O)C2CCCCO2)cc1C. The van der Waals surface area contributed by atoms with Gasteiger partial charge >= 0.3 is 0 Å². The van der Waals surface area contributed by atoms with E-state index in [1.165, 1.54) is 0 Å². The van der Waals surface area contributed by atoms with Crippen LogP contribution in [0.5, 0.6) is 5.75 Å². The Hall–Kier alpha value is -1.06. The van der Waals surface area contributed by atoms with Crippen LogP contribution in [0, 0.1) is 13.8 Å². The van der Waals surface area contributed by atoms with Crippen molar-refractivity contribution in [3.8, 4) is 5.75 Å². The molecule has 1 aliphatic heterocycles. The average molecular weight is 250 g/mol. The van der Waals surface area contributed by atoms with Gasteiger partial charge in [-0.2, -0.15) is 0 Å². The zero-order chi connectivity index (χ0) is 13.1. The van der Waals surface area contributed by atoms with Gasteiger partial charge in [-0.1, -0.05) is 0 Å². The second-order valence-electron chi connectivity index (χ2n) is 5.04. The molecule has 0 aromatic heterocycles. The van der Waals surface area contributed by atoms with Crippen molar-refractivity contribution < 1.29 is 14.6 Å². The maximum Gasteiger partial charge on any atom is 0.124 e. The van der Waals surface area contributed by atoms with E-state index in [9.17, 15) is 5.11 Å². The number of ether oxygens (including phenoxy) is 2.